The minimum Gasteiger partial charge on any atom is -0.497 e. The lowest BCUT2D eigenvalue weighted by atomic mass is 9.97. The van der Waals surface area contributed by atoms with Crippen molar-refractivity contribution in [3.63, 3.8) is 0 Å². The summed E-state index contributed by atoms with van der Waals surface area (Å²) in [5, 5.41) is 6.49. The number of methoxy groups -OCH3 is 1. The maximum absolute atomic E-state index is 13.2. The van der Waals surface area contributed by atoms with Gasteiger partial charge in [0, 0.05) is 43.3 Å². The third kappa shape index (κ3) is 5.94. The van der Waals surface area contributed by atoms with E-state index in [2.05, 4.69) is 19.9 Å². The number of piperidine rings is 1. The first kappa shape index (κ1) is 22.0. The van der Waals surface area contributed by atoms with Crippen LogP contribution < -0.4 is 20.3 Å². The van der Waals surface area contributed by atoms with Crippen molar-refractivity contribution in [3.8, 4) is 5.75 Å². The summed E-state index contributed by atoms with van der Waals surface area (Å²) in [5.41, 5.74) is 1.56. The van der Waals surface area contributed by atoms with Gasteiger partial charge in [-0.2, -0.15) is 4.37 Å². The van der Waals surface area contributed by atoms with Crippen LogP contribution in [-0.2, 0) is 6.42 Å². The average Bonchev–Trinajstić information content (AvgIpc) is 3.26. The molecule has 0 aliphatic carbocycles. The molecule has 2 aromatic carbocycles. The summed E-state index contributed by atoms with van der Waals surface area (Å²) in [6, 6.07) is 13.5. The fraction of sp³-hybridized carbons (Fsp3) is 0.348. The molecule has 32 heavy (non-hydrogen) atoms. The summed E-state index contributed by atoms with van der Waals surface area (Å²) in [6.45, 7) is 2.35. The topological polar surface area (TPSA) is 79.4 Å². The summed E-state index contributed by atoms with van der Waals surface area (Å²) >= 11 is 1.43. The zero-order valence-corrected chi connectivity index (χ0v) is 18.7. The molecule has 9 heteroatoms. The number of ether oxygens (including phenoxy) is 1. The largest absolute Gasteiger partial charge is 0.497 e. The Hall–Kier alpha value is -3.20. The van der Waals surface area contributed by atoms with Crippen LogP contribution in [0.2, 0.25) is 0 Å². The Morgan fingerprint density at radius 2 is 2.03 bits per heavy atom. The lowest BCUT2D eigenvalue weighted by molar-refractivity contribution is 0.248. The van der Waals surface area contributed by atoms with Crippen LogP contribution in [0, 0.1) is 11.7 Å². The number of nitrogens with zero attached hydrogens (tertiary/aromatic N) is 3. The van der Waals surface area contributed by atoms with E-state index in [0.29, 0.717) is 24.6 Å². The first-order valence-electron chi connectivity index (χ1n) is 10.6. The molecule has 1 aromatic heterocycles. The van der Waals surface area contributed by atoms with E-state index in [9.17, 15) is 9.18 Å². The van der Waals surface area contributed by atoms with Gasteiger partial charge >= 0.3 is 6.03 Å². The molecular formula is C23H26FN5O2S. The van der Waals surface area contributed by atoms with Gasteiger partial charge in [-0.15, -0.1) is 0 Å². The molecule has 2 amide bonds. The summed E-state index contributed by atoms with van der Waals surface area (Å²) < 4.78 is 23.0. The highest BCUT2D eigenvalue weighted by Crippen LogP contribution is 2.25. The molecule has 0 bridgehead atoms. The fourth-order valence-corrected chi connectivity index (χ4v) is 4.45. The van der Waals surface area contributed by atoms with Gasteiger partial charge in [-0.1, -0.05) is 18.2 Å². The average molecular weight is 456 g/mol. The first-order valence-corrected chi connectivity index (χ1v) is 11.4. The molecule has 0 spiro atoms. The fourth-order valence-electron chi connectivity index (χ4n) is 3.72. The molecule has 1 aliphatic rings. The van der Waals surface area contributed by atoms with Crippen molar-refractivity contribution in [1.82, 2.24) is 14.7 Å². The van der Waals surface area contributed by atoms with Gasteiger partial charge in [0.25, 0.3) is 0 Å². The number of hydrogen-bond acceptors (Lipinski definition) is 6. The maximum Gasteiger partial charge on any atom is 0.319 e. The van der Waals surface area contributed by atoms with E-state index >= 15 is 0 Å². The number of rotatable bonds is 7. The van der Waals surface area contributed by atoms with Crippen LogP contribution in [0.25, 0.3) is 0 Å². The summed E-state index contributed by atoms with van der Waals surface area (Å²) in [4.78, 5) is 19.0. The highest BCUT2D eigenvalue weighted by atomic mass is 32.1. The van der Waals surface area contributed by atoms with Crippen LogP contribution in [0.5, 0.6) is 5.75 Å². The minimum absolute atomic E-state index is 0.315. The van der Waals surface area contributed by atoms with Gasteiger partial charge in [0.15, 0.2) is 0 Å². The van der Waals surface area contributed by atoms with Crippen LogP contribution in [0.15, 0.2) is 48.5 Å². The molecule has 3 aromatic rings. The number of benzene rings is 2. The number of nitrogens with one attached hydrogen (secondary N) is 2. The van der Waals surface area contributed by atoms with E-state index in [1.165, 1.54) is 23.7 Å². The Morgan fingerprint density at radius 1 is 1.22 bits per heavy atom. The standard InChI is InChI=1S/C23H26FN5O2S/c1-31-20-7-2-4-17(12-20)13-21-27-23(32-28-21)29-10-8-16(9-11-29)15-25-22(30)26-19-6-3-5-18(24)14-19/h2-7,12,14,16H,8-11,13,15H2,1H3,(H2,25,26,30). The van der Waals surface area contributed by atoms with Crippen molar-refractivity contribution in [2.75, 3.05) is 37.0 Å². The van der Waals surface area contributed by atoms with Crippen LogP contribution in [0.1, 0.15) is 24.2 Å². The Bertz CT molecular complexity index is 1050. The number of carbonyl (C=O) groups excluding carboxylic acids is 1. The number of aromatic nitrogens is 2. The van der Waals surface area contributed by atoms with Crippen LogP contribution >= 0.6 is 11.5 Å². The van der Waals surface area contributed by atoms with Crippen molar-refractivity contribution in [2.45, 2.75) is 19.3 Å². The van der Waals surface area contributed by atoms with E-state index in [-0.39, 0.29) is 11.8 Å². The summed E-state index contributed by atoms with van der Waals surface area (Å²) in [6.07, 6.45) is 2.60. The summed E-state index contributed by atoms with van der Waals surface area (Å²) in [5.74, 6) is 1.67. The van der Waals surface area contributed by atoms with Gasteiger partial charge in [-0.05, 0) is 54.7 Å². The normalized spacial score (nSPS) is 14.2. The molecule has 7 nitrogen and oxygen atoms in total. The predicted octanol–water partition coefficient (Wildman–Crippen LogP) is 4.31. The zero-order chi connectivity index (χ0) is 22.3. The lowest BCUT2D eigenvalue weighted by Crippen LogP contribution is -2.39. The number of carbonyl (C=O) groups is 1. The molecular weight excluding hydrogens is 429 g/mol. The third-order valence-electron chi connectivity index (χ3n) is 5.47. The number of halogens is 1. The molecule has 0 radical (unpaired) electrons. The SMILES string of the molecule is COc1cccc(Cc2nsc(N3CCC(CNC(=O)Nc4cccc(F)c4)CC3)n2)c1. The third-order valence-corrected chi connectivity index (χ3v) is 6.29. The second kappa shape index (κ2) is 10.4. The quantitative estimate of drug-likeness (QED) is 0.555. The maximum atomic E-state index is 13.2. The van der Waals surface area contributed by atoms with Crippen LogP contribution in [0.4, 0.5) is 20.0 Å². The van der Waals surface area contributed by atoms with Crippen LogP contribution in [0.3, 0.4) is 0 Å². The molecule has 2 heterocycles. The molecule has 0 saturated carbocycles. The number of urea groups is 1. The number of anilines is 2. The van der Waals surface area contributed by atoms with Gasteiger partial charge in [0.2, 0.25) is 5.13 Å². The molecule has 168 valence electrons. The van der Waals surface area contributed by atoms with E-state index in [0.717, 1.165) is 48.2 Å². The molecule has 4 rings (SSSR count). The second-order valence-electron chi connectivity index (χ2n) is 7.80. The van der Waals surface area contributed by atoms with Gasteiger partial charge in [-0.25, -0.2) is 14.2 Å². The van der Waals surface area contributed by atoms with Crippen LogP contribution in [-0.4, -0.2) is 42.1 Å². The molecule has 0 atom stereocenters. The Labute approximate surface area is 190 Å². The van der Waals surface area contributed by atoms with E-state index in [1.54, 1.807) is 19.2 Å². The van der Waals surface area contributed by atoms with Crippen molar-refractivity contribution < 1.29 is 13.9 Å². The van der Waals surface area contributed by atoms with Gasteiger partial charge < -0.3 is 20.3 Å². The molecule has 1 fully saturated rings. The van der Waals surface area contributed by atoms with Gasteiger partial charge in [0.05, 0.1) is 7.11 Å². The highest BCUT2D eigenvalue weighted by molar-refractivity contribution is 7.09. The molecule has 2 N–H and O–H groups in total. The predicted molar refractivity (Wildman–Crippen MR) is 124 cm³/mol. The second-order valence-corrected chi connectivity index (χ2v) is 8.53. The number of amides is 2. The van der Waals surface area contributed by atoms with Crippen molar-refractivity contribution in [1.29, 1.82) is 0 Å². The van der Waals surface area contributed by atoms with E-state index in [4.69, 9.17) is 9.72 Å². The van der Waals surface area contributed by atoms with E-state index < -0.39 is 0 Å². The highest BCUT2D eigenvalue weighted by Gasteiger charge is 2.22. The molecule has 0 unspecified atom stereocenters. The number of hydrogen-bond donors (Lipinski definition) is 2. The smallest absolute Gasteiger partial charge is 0.319 e. The Balaban J connectivity index is 1.22. The van der Waals surface area contributed by atoms with Gasteiger partial charge in [0.1, 0.15) is 17.4 Å². The minimum atomic E-state index is -0.376. The molecule has 1 saturated heterocycles. The summed E-state index contributed by atoms with van der Waals surface area (Å²) in [7, 11) is 1.66. The van der Waals surface area contributed by atoms with Crippen molar-refractivity contribution in [3.05, 3.63) is 65.7 Å². The van der Waals surface area contributed by atoms with Gasteiger partial charge in [-0.3, -0.25) is 0 Å². The Kier molecular flexibility index (Phi) is 7.16. The zero-order valence-electron chi connectivity index (χ0n) is 17.9. The molecule has 1 aliphatic heterocycles. The van der Waals surface area contributed by atoms with Crippen molar-refractivity contribution >= 4 is 28.4 Å². The first-order chi connectivity index (χ1) is 15.6. The lowest BCUT2D eigenvalue weighted by Gasteiger charge is -2.31. The van der Waals surface area contributed by atoms with Crippen molar-refractivity contribution in [2.24, 2.45) is 5.92 Å². The van der Waals surface area contributed by atoms with E-state index in [1.807, 2.05) is 24.3 Å². The monoisotopic (exact) mass is 455 g/mol. The Morgan fingerprint density at radius 3 is 2.81 bits per heavy atom.